The fourth-order valence-electron chi connectivity index (χ4n) is 2.25. The first-order valence-corrected chi connectivity index (χ1v) is 13.3. The molecule has 130 valence electrons. The number of fused-ring (bicyclic) bond motifs is 2. The van der Waals surface area contributed by atoms with Gasteiger partial charge in [0, 0.05) is 0 Å². The SMILES string of the molecule is Brc1cccc2[cH-]ccc12.Brc1cccc2[cH-]ccc12.C[P]=[Zr+2].[Cl-].[Cl-]. The Kier molecular flexibility index (Phi) is 13.7. The number of hydrogen-bond acceptors (Lipinski definition) is 0. The van der Waals surface area contributed by atoms with Gasteiger partial charge < -0.3 is 24.8 Å². The first-order valence-electron chi connectivity index (χ1n) is 7.02. The molecule has 0 aromatic heterocycles. The Morgan fingerprint density at radius 1 is 0.760 bits per heavy atom. The Hall–Kier alpha value is 0.383. The summed E-state index contributed by atoms with van der Waals surface area (Å²) in [6.07, 6.45) is 0. The van der Waals surface area contributed by atoms with Crippen LogP contribution in [0.3, 0.4) is 0 Å². The summed E-state index contributed by atoms with van der Waals surface area (Å²) in [4.78, 5) is 0. The summed E-state index contributed by atoms with van der Waals surface area (Å²) in [6.45, 7) is 2.14. The maximum Gasteiger partial charge on any atom is -1.00 e. The minimum absolute atomic E-state index is 0. The van der Waals surface area contributed by atoms with E-state index in [-0.39, 0.29) is 24.8 Å². The summed E-state index contributed by atoms with van der Waals surface area (Å²) in [5.74, 6) is 0. The van der Waals surface area contributed by atoms with Crippen molar-refractivity contribution in [2.75, 3.05) is 6.66 Å². The average Bonchev–Trinajstić information content (AvgIpc) is 3.18. The van der Waals surface area contributed by atoms with Crippen LogP contribution in [0.2, 0.25) is 0 Å². The fourth-order valence-corrected chi connectivity index (χ4v) is 3.27. The summed E-state index contributed by atoms with van der Waals surface area (Å²) in [5, 5.41) is 6.70. The van der Waals surface area contributed by atoms with Crippen molar-refractivity contribution in [1.82, 2.24) is 0 Å². The van der Waals surface area contributed by atoms with Crippen molar-refractivity contribution < 1.29 is 48.4 Å². The van der Waals surface area contributed by atoms with Gasteiger partial charge in [-0.1, -0.05) is 44.0 Å². The van der Waals surface area contributed by atoms with E-state index in [1.54, 1.807) is 23.6 Å². The van der Waals surface area contributed by atoms with E-state index >= 15 is 0 Å². The van der Waals surface area contributed by atoms with Crippen LogP contribution in [0.4, 0.5) is 0 Å². The Bertz CT molecular complexity index is 830. The Balaban J connectivity index is 0.000000374. The monoisotopic (exact) mass is 592 g/mol. The molecule has 0 saturated carbocycles. The van der Waals surface area contributed by atoms with Crippen LogP contribution in [0.15, 0.2) is 81.7 Å². The molecular weight excluding hydrogens is 581 g/mol. The molecule has 0 amide bonds. The van der Waals surface area contributed by atoms with Gasteiger partial charge in [-0.05, 0) is 8.95 Å². The molecule has 4 aromatic rings. The number of halogens is 4. The van der Waals surface area contributed by atoms with E-state index in [2.05, 4.69) is 99.2 Å². The van der Waals surface area contributed by atoms with E-state index < -0.39 is 0 Å². The third-order valence-electron chi connectivity index (χ3n) is 3.25. The van der Waals surface area contributed by atoms with Crippen molar-refractivity contribution in [3.8, 4) is 0 Å². The summed E-state index contributed by atoms with van der Waals surface area (Å²) in [6, 6.07) is 25.0. The molecule has 0 nitrogen and oxygen atoms in total. The molecular formula is C19H15Br2Cl2PZr-2. The third-order valence-corrected chi connectivity index (χ3v) is 4.63. The average molecular weight is 596 g/mol. The van der Waals surface area contributed by atoms with Gasteiger partial charge in [0.05, 0.1) is 0 Å². The predicted molar refractivity (Wildman–Crippen MR) is 107 cm³/mol. The molecule has 4 aromatic carbocycles. The maximum absolute atomic E-state index is 3.48. The molecule has 6 heteroatoms. The quantitative estimate of drug-likeness (QED) is 0.214. The van der Waals surface area contributed by atoms with Crippen molar-refractivity contribution in [2.45, 2.75) is 0 Å². The second kappa shape index (κ2) is 13.5. The molecule has 0 unspecified atom stereocenters. The largest absolute Gasteiger partial charge is 1.00 e. The standard InChI is InChI=1S/2C9H6Br.CH3P.2ClH.Zr/c2*10-9-6-2-4-7-3-1-5-8(7)9;1-2;;;/h2*1-6H;1H3;2*1H;/q2*-1;;;;+2/p-2. The summed E-state index contributed by atoms with van der Waals surface area (Å²) < 4.78 is 2.35. The van der Waals surface area contributed by atoms with E-state index in [4.69, 9.17) is 0 Å². The normalized spacial score (nSPS) is 9.32. The van der Waals surface area contributed by atoms with Crippen LogP contribution in [0.1, 0.15) is 0 Å². The van der Waals surface area contributed by atoms with Crippen molar-refractivity contribution in [1.29, 1.82) is 0 Å². The van der Waals surface area contributed by atoms with E-state index in [1.807, 2.05) is 12.1 Å². The Morgan fingerprint density at radius 3 is 1.44 bits per heavy atom. The summed E-state index contributed by atoms with van der Waals surface area (Å²) in [5.41, 5.74) is 0. The molecule has 0 N–H and O–H groups in total. The van der Waals surface area contributed by atoms with Gasteiger partial charge in [-0.25, -0.2) is 0 Å². The molecule has 0 radical (unpaired) electrons. The van der Waals surface area contributed by atoms with E-state index in [1.165, 1.54) is 35.9 Å². The molecule has 0 atom stereocenters. The smallest absolute Gasteiger partial charge is 1.00 e. The summed E-state index contributed by atoms with van der Waals surface area (Å²) >= 11 is 8.56. The number of benzene rings is 2. The third kappa shape index (κ3) is 7.49. The van der Waals surface area contributed by atoms with Crippen molar-refractivity contribution in [3.63, 3.8) is 0 Å². The van der Waals surface area contributed by atoms with E-state index in [0.717, 1.165) is 0 Å². The van der Waals surface area contributed by atoms with Crippen LogP contribution in [0.5, 0.6) is 0 Å². The molecule has 0 fully saturated rings. The molecule has 0 aliphatic rings. The van der Waals surface area contributed by atoms with Gasteiger partial charge in [-0.3, -0.25) is 0 Å². The van der Waals surface area contributed by atoms with Gasteiger partial charge in [-0.2, -0.15) is 24.3 Å². The molecule has 0 spiro atoms. The fraction of sp³-hybridized carbons (Fsp3) is 0.0526. The van der Waals surface area contributed by atoms with Crippen LogP contribution in [-0.4, -0.2) is 6.66 Å². The molecule has 0 saturated heterocycles. The Labute approximate surface area is 193 Å². The molecule has 4 rings (SSSR count). The number of hydrogen-bond donors (Lipinski definition) is 0. The predicted octanol–water partition coefficient (Wildman–Crippen LogP) is 1.67. The summed E-state index contributed by atoms with van der Waals surface area (Å²) in [7, 11) is 0. The first-order chi connectivity index (χ1) is 11.2. The maximum atomic E-state index is 3.48. The van der Waals surface area contributed by atoms with Gasteiger partial charge in [-0.15, -0.1) is 57.9 Å². The van der Waals surface area contributed by atoms with Gasteiger partial charge in [0.25, 0.3) is 0 Å². The molecule has 0 heterocycles. The molecule has 0 aliphatic heterocycles. The van der Waals surface area contributed by atoms with Gasteiger partial charge in [0.2, 0.25) is 0 Å². The van der Waals surface area contributed by atoms with Crippen LogP contribution in [-0.2, 0) is 23.6 Å². The van der Waals surface area contributed by atoms with Crippen LogP contribution in [0.25, 0.3) is 21.5 Å². The molecule has 25 heavy (non-hydrogen) atoms. The second-order valence-electron chi connectivity index (χ2n) is 4.76. The minimum atomic E-state index is 0. The van der Waals surface area contributed by atoms with E-state index in [0.29, 0.717) is 0 Å². The van der Waals surface area contributed by atoms with Gasteiger partial charge in [0.1, 0.15) is 0 Å². The zero-order valence-electron chi connectivity index (χ0n) is 13.4. The van der Waals surface area contributed by atoms with Gasteiger partial charge >= 0.3 is 35.7 Å². The van der Waals surface area contributed by atoms with Crippen molar-refractivity contribution in [2.24, 2.45) is 0 Å². The Morgan fingerprint density at radius 2 is 1.12 bits per heavy atom. The molecule has 0 aliphatic carbocycles. The van der Waals surface area contributed by atoms with E-state index in [9.17, 15) is 0 Å². The minimum Gasteiger partial charge on any atom is -1.00 e. The second-order valence-corrected chi connectivity index (χ2v) is 10.2. The van der Waals surface area contributed by atoms with Crippen LogP contribution < -0.4 is 24.8 Å². The van der Waals surface area contributed by atoms with Crippen LogP contribution in [0, 0.1) is 0 Å². The zero-order valence-corrected chi connectivity index (χ0v) is 21.4. The topological polar surface area (TPSA) is 0 Å². The zero-order chi connectivity index (χ0) is 16.7. The number of rotatable bonds is 0. The van der Waals surface area contributed by atoms with Gasteiger partial charge in [0.15, 0.2) is 0 Å². The van der Waals surface area contributed by atoms with Crippen LogP contribution >= 0.6 is 37.3 Å². The van der Waals surface area contributed by atoms with Crippen molar-refractivity contribution in [3.05, 3.63) is 81.7 Å². The van der Waals surface area contributed by atoms with Crippen molar-refractivity contribution >= 4 is 58.8 Å². The molecule has 0 bridgehead atoms. The first kappa shape index (κ1) is 25.4.